The van der Waals surface area contributed by atoms with Crippen molar-refractivity contribution in [2.24, 2.45) is 0 Å². The van der Waals surface area contributed by atoms with Gasteiger partial charge in [-0.1, -0.05) is 34.8 Å². The van der Waals surface area contributed by atoms with Crippen LogP contribution in [0.1, 0.15) is 10.4 Å². The Morgan fingerprint density at radius 3 is 2.38 bits per heavy atom. The predicted octanol–water partition coefficient (Wildman–Crippen LogP) is 4.07. The Bertz CT molecular complexity index is 810. The molecule has 24 heavy (non-hydrogen) atoms. The summed E-state index contributed by atoms with van der Waals surface area (Å²) in [6, 6.07) is 6.28. The second-order valence-electron chi connectivity index (χ2n) is 4.57. The van der Waals surface area contributed by atoms with Crippen molar-refractivity contribution in [3.8, 4) is 11.5 Å². The number of aromatic carboxylic acids is 1. The second-order valence-corrected chi connectivity index (χ2v) is 5.79. The summed E-state index contributed by atoms with van der Waals surface area (Å²) in [5, 5.41) is 21.4. The molecule has 2 aromatic carbocycles. The van der Waals surface area contributed by atoms with E-state index in [4.69, 9.17) is 44.6 Å². The van der Waals surface area contributed by atoms with Gasteiger partial charge in [-0.05, 0) is 24.3 Å². The minimum Gasteiger partial charge on any atom is -0.508 e. The number of anilines is 1. The van der Waals surface area contributed by atoms with Gasteiger partial charge in [0, 0.05) is 6.07 Å². The monoisotopic (exact) mass is 389 g/mol. The lowest BCUT2D eigenvalue weighted by Crippen LogP contribution is -2.21. The van der Waals surface area contributed by atoms with Crippen molar-refractivity contribution < 1.29 is 24.5 Å². The third-order valence-corrected chi connectivity index (χ3v) is 3.86. The number of carbonyl (C=O) groups excluding carboxylic acids is 1. The number of carboxylic acids is 1. The van der Waals surface area contributed by atoms with Gasteiger partial charge in [-0.2, -0.15) is 0 Å². The zero-order valence-electron chi connectivity index (χ0n) is 11.8. The van der Waals surface area contributed by atoms with Crippen LogP contribution >= 0.6 is 34.8 Å². The molecule has 0 saturated carbocycles. The number of phenolic OH excluding ortho intramolecular Hbond substituents is 1. The maximum atomic E-state index is 11.9. The van der Waals surface area contributed by atoms with Gasteiger partial charge in [0.2, 0.25) is 0 Å². The van der Waals surface area contributed by atoms with Crippen LogP contribution in [0.25, 0.3) is 0 Å². The van der Waals surface area contributed by atoms with Gasteiger partial charge in [-0.25, -0.2) is 4.79 Å². The van der Waals surface area contributed by atoms with E-state index >= 15 is 0 Å². The number of hydrogen-bond acceptors (Lipinski definition) is 4. The number of hydrogen-bond donors (Lipinski definition) is 3. The van der Waals surface area contributed by atoms with Gasteiger partial charge in [-0.3, -0.25) is 4.79 Å². The van der Waals surface area contributed by atoms with Crippen molar-refractivity contribution >= 4 is 52.4 Å². The fourth-order valence-corrected chi connectivity index (χ4v) is 2.35. The van der Waals surface area contributed by atoms with E-state index in [-0.39, 0.29) is 37.8 Å². The molecule has 0 saturated heterocycles. The number of rotatable bonds is 5. The summed E-state index contributed by atoms with van der Waals surface area (Å²) in [5.74, 6) is -1.99. The van der Waals surface area contributed by atoms with Gasteiger partial charge in [0.25, 0.3) is 5.91 Å². The Hall–Kier alpha value is -2.15. The van der Waals surface area contributed by atoms with Crippen LogP contribution in [-0.4, -0.2) is 28.7 Å². The molecule has 0 atom stereocenters. The average Bonchev–Trinajstić information content (AvgIpc) is 2.51. The fourth-order valence-electron chi connectivity index (χ4n) is 1.76. The van der Waals surface area contributed by atoms with Crippen LogP contribution in [0.15, 0.2) is 30.3 Å². The maximum absolute atomic E-state index is 11.9. The van der Waals surface area contributed by atoms with E-state index < -0.39 is 18.5 Å². The molecule has 0 spiro atoms. The molecular formula is C15H10Cl3NO5. The first-order valence-electron chi connectivity index (χ1n) is 6.41. The summed E-state index contributed by atoms with van der Waals surface area (Å²) in [6.45, 7) is -0.433. The largest absolute Gasteiger partial charge is 0.508 e. The summed E-state index contributed by atoms with van der Waals surface area (Å²) >= 11 is 17.6. The van der Waals surface area contributed by atoms with Gasteiger partial charge in [0.05, 0.1) is 26.3 Å². The third kappa shape index (κ3) is 4.44. The number of phenols is 1. The zero-order chi connectivity index (χ0) is 17.9. The molecule has 0 aromatic heterocycles. The Balaban J connectivity index is 2.07. The summed E-state index contributed by atoms with van der Waals surface area (Å²) in [6.07, 6.45) is 0. The van der Waals surface area contributed by atoms with Gasteiger partial charge < -0.3 is 20.3 Å². The van der Waals surface area contributed by atoms with E-state index in [0.717, 1.165) is 6.07 Å². The lowest BCUT2D eigenvalue weighted by atomic mass is 10.1. The Morgan fingerprint density at radius 1 is 1.04 bits per heavy atom. The Labute approximate surface area is 151 Å². The van der Waals surface area contributed by atoms with E-state index in [1.165, 1.54) is 24.3 Å². The predicted molar refractivity (Wildman–Crippen MR) is 90.7 cm³/mol. The number of carbonyl (C=O) groups is 2. The van der Waals surface area contributed by atoms with Crippen LogP contribution in [0.3, 0.4) is 0 Å². The van der Waals surface area contributed by atoms with Crippen molar-refractivity contribution in [1.82, 2.24) is 0 Å². The SMILES string of the molecule is O=C(COc1cc(Cl)c(Cl)cc1Cl)Nc1ccc(O)cc1C(=O)O. The van der Waals surface area contributed by atoms with Gasteiger partial charge in [-0.15, -0.1) is 0 Å². The van der Waals surface area contributed by atoms with Gasteiger partial charge >= 0.3 is 5.97 Å². The molecular weight excluding hydrogens is 381 g/mol. The molecule has 0 aliphatic heterocycles. The number of halogens is 3. The molecule has 1 amide bonds. The number of carboxylic acid groups (broad SMARTS) is 1. The van der Waals surface area contributed by atoms with Crippen molar-refractivity contribution in [3.63, 3.8) is 0 Å². The minimum atomic E-state index is -1.30. The van der Waals surface area contributed by atoms with E-state index in [2.05, 4.69) is 5.32 Å². The van der Waals surface area contributed by atoms with E-state index in [1.54, 1.807) is 0 Å². The van der Waals surface area contributed by atoms with Gasteiger partial charge in [0.15, 0.2) is 6.61 Å². The van der Waals surface area contributed by atoms with Gasteiger partial charge in [0.1, 0.15) is 11.5 Å². The van der Waals surface area contributed by atoms with Crippen molar-refractivity contribution in [1.29, 1.82) is 0 Å². The standard InChI is InChI=1S/C15H10Cl3NO5/c16-9-4-11(18)13(5-10(9)17)24-6-14(21)19-12-2-1-7(20)3-8(12)15(22)23/h1-5,20H,6H2,(H,19,21)(H,22,23). The maximum Gasteiger partial charge on any atom is 0.337 e. The molecule has 2 rings (SSSR count). The first kappa shape index (κ1) is 18.2. The molecule has 0 aliphatic rings. The van der Waals surface area contributed by atoms with Crippen LogP contribution in [0.4, 0.5) is 5.69 Å². The lowest BCUT2D eigenvalue weighted by molar-refractivity contribution is -0.118. The fraction of sp³-hybridized carbons (Fsp3) is 0.0667. The normalized spacial score (nSPS) is 10.3. The smallest absolute Gasteiger partial charge is 0.337 e. The van der Waals surface area contributed by atoms with E-state index in [9.17, 15) is 14.7 Å². The molecule has 126 valence electrons. The highest BCUT2D eigenvalue weighted by atomic mass is 35.5. The number of aromatic hydroxyl groups is 1. The molecule has 3 N–H and O–H groups in total. The summed E-state index contributed by atoms with van der Waals surface area (Å²) < 4.78 is 5.25. The van der Waals surface area contributed by atoms with E-state index in [0.29, 0.717) is 0 Å². The van der Waals surface area contributed by atoms with Crippen molar-refractivity contribution in [2.45, 2.75) is 0 Å². The highest BCUT2D eigenvalue weighted by Crippen LogP contribution is 2.33. The van der Waals surface area contributed by atoms with Crippen molar-refractivity contribution in [3.05, 3.63) is 51.0 Å². The first-order chi connectivity index (χ1) is 11.3. The van der Waals surface area contributed by atoms with Crippen LogP contribution in [0, 0.1) is 0 Å². The third-order valence-electron chi connectivity index (χ3n) is 2.84. The van der Waals surface area contributed by atoms with Crippen LogP contribution in [-0.2, 0) is 4.79 Å². The summed E-state index contributed by atoms with van der Waals surface area (Å²) in [5.41, 5.74) is -0.231. The molecule has 9 heteroatoms. The van der Waals surface area contributed by atoms with Crippen LogP contribution in [0.2, 0.25) is 15.1 Å². The highest BCUT2D eigenvalue weighted by molar-refractivity contribution is 6.43. The molecule has 0 aliphatic carbocycles. The molecule has 0 heterocycles. The second kappa shape index (κ2) is 7.61. The molecule has 0 unspecified atom stereocenters. The lowest BCUT2D eigenvalue weighted by Gasteiger charge is -2.11. The number of amides is 1. The van der Waals surface area contributed by atoms with Crippen LogP contribution in [0.5, 0.6) is 11.5 Å². The number of nitrogens with one attached hydrogen (secondary N) is 1. The van der Waals surface area contributed by atoms with Crippen LogP contribution < -0.4 is 10.1 Å². The highest BCUT2D eigenvalue weighted by Gasteiger charge is 2.15. The van der Waals surface area contributed by atoms with Crippen molar-refractivity contribution in [2.75, 3.05) is 11.9 Å². The molecule has 0 bridgehead atoms. The molecule has 0 fully saturated rings. The minimum absolute atomic E-state index is 0.0223. The topological polar surface area (TPSA) is 95.9 Å². The Kier molecular flexibility index (Phi) is 5.77. The average molecular weight is 391 g/mol. The molecule has 0 radical (unpaired) electrons. The van der Waals surface area contributed by atoms with E-state index in [1.807, 2.05) is 0 Å². The number of benzene rings is 2. The molecule has 2 aromatic rings. The first-order valence-corrected chi connectivity index (χ1v) is 7.55. The quantitative estimate of drug-likeness (QED) is 0.528. The Morgan fingerprint density at radius 2 is 1.71 bits per heavy atom. The zero-order valence-corrected chi connectivity index (χ0v) is 14.1. The summed E-state index contributed by atoms with van der Waals surface area (Å²) in [4.78, 5) is 23.0. The number of ether oxygens (including phenoxy) is 1. The summed E-state index contributed by atoms with van der Waals surface area (Å²) in [7, 11) is 0. The molecule has 6 nitrogen and oxygen atoms in total.